The van der Waals surface area contributed by atoms with Crippen LogP contribution in [0.15, 0.2) is 48.5 Å². The first-order valence-corrected chi connectivity index (χ1v) is 8.29. The van der Waals surface area contributed by atoms with Crippen molar-refractivity contribution in [3.63, 3.8) is 0 Å². The molecule has 0 bridgehead atoms. The number of carbonyl (C=O) groups excluding carboxylic acids is 1. The average molecular weight is 365 g/mol. The number of amides is 1. The summed E-state index contributed by atoms with van der Waals surface area (Å²) >= 11 is 0. The molecule has 0 radical (unpaired) electrons. The van der Waals surface area contributed by atoms with Gasteiger partial charge < -0.3 is 19.3 Å². The van der Waals surface area contributed by atoms with E-state index in [-0.39, 0.29) is 19.1 Å². The molecule has 1 N–H and O–H groups in total. The first-order valence-electron chi connectivity index (χ1n) is 8.29. The van der Waals surface area contributed by atoms with Crippen LogP contribution in [-0.4, -0.2) is 37.6 Å². The lowest BCUT2D eigenvalue weighted by Gasteiger charge is -2.33. The first-order chi connectivity index (χ1) is 13.1. The predicted octanol–water partition coefficient (Wildman–Crippen LogP) is 2.46. The fourth-order valence-corrected chi connectivity index (χ4v) is 2.72. The summed E-state index contributed by atoms with van der Waals surface area (Å²) in [6.07, 6.45) is 7.18. The summed E-state index contributed by atoms with van der Waals surface area (Å²) in [6, 6.07) is 12.3. The predicted molar refractivity (Wildman–Crippen MR) is 102 cm³/mol. The van der Waals surface area contributed by atoms with Crippen molar-refractivity contribution in [1.29, 1.82) is 0 Å². The zero-order chi connectivity index (χ0) is 19.2. The maximum atomic E-state index is 12.7. The highest BCUT2D eigenvalue weighted by Gasteiger charge is 2.29. The lowest BCUT2D eigenvalue weighted by Crippen LogP contribution is -2.46. The molecule has 0 aromatic heterocycles. The van der Waals surface area contributed by atoms with Gasteiger partial charge in [-0.3, -0.25) is 9.69 Å². The lowest BCUT2D eigenvalue weighted by molar-refractivity contribution is -0.116. The number of methoxy groups -OCH3 is 1. The standard InChI is InChI=1S/C21H19NO5/c1-3-12-26-18-10-8-15(13-19(18)25-2)9-11-20(23)22-16-6-4-5-7-17(16)27-14-21(22)24/h1,4-11,13,21,24H,12,14H2,2H3/b11-9+. The van der Waals surface area contributed by atoms with Gasteiger partial charge in [0, 0.05) is 6.08 Å². The largest absolute Gasteiger partial charge is 0.493 e. The molecule has 138 valence electrons. The molecule has 0 saturated carbocycles. The monoisotopic (exact) mass is 365 g/mol. The molecule has 0 aliphatic carbocycles. The second-order valence-electron chi connectivity index (χ2n) is 5.70. The molecular weight excluding hydrogens is 346 g/mol. The Balaban J connectivity index is 1.80. The number of rotatable bonds is 5. The van der Waals surface area contributed by atoms with Gasteiger partial charge in [0.15, 0.2) is 17.7 Å². The van der Waals surface area contributed by atoms with E-state index < -0.39 is 6.23 Å². The number of hydrogen-bond acceptors (Lipinski definition) is 5. The number of aliphatic hydroxyl groups is 1. The zero-order valence-corrected chi connectivity index (χ0v) is 14.8. The van der Waals surface area contributed by atoms with E-state index in [0.717, 1.165) is 5.56 Å². The quantitative estimate of drug-likeness (QED) is 0.651. The number of nitrogens with zero attached hydrogens (tertiary/aromatic N) is 1. The van der Waals surface area contributed by atoms with Crippen LogP contribution in [0.3, 0.4) is 0 Å². The molecule has 0 spiro atoms. The SMILES string of the molecule is C#CCOc1ccc(/C=C/C(=O)N2c3ccccc3OCC2O)cc1OC. The average Bonchev–Trinajstić information content (AvgIpc) is 2.70. The minimum absolute atomic E-state index is 0.0195. The van der Waals surface area contributed by atoms with Gasteiger partial charge >= 0.3 is 0 Å². The number of hydrogen-bond donors (Lipinski definition) is 1. The van der Waals surface area contributed by atoms with Crippen molar-refractivity contribution in [2.24, 2.45) is 0 Å². The molecule has 1 amide bonds. The Bertz CT molecular complexity index is 900. The lowest BCUT2D eigenvalue weighted by atomic mass is 10.1. The molecule has 1 aliphatic rings. The fourth-order valence-electron chi connectivity index (χ4n) is 2.72. The second-order valence-corrected chi connectivity index (χ2v) is 5.70. The third-order valence-electron chi connectivity index (χ3n) is 3.97. The molecular formula is C21H19NO5. The summed E-state index contributed by atoms with van der Waals surface area (Å²) in [4.78, 5) is 14.0. The zero-order valence-electron chi connectivity index (χ0n) is 14.8. The van der Waals surface area contributed by atoms with Gasteiger partial charge in [0.1, 0.15) is 19.0 Å². The molecule has 1 aliphatic heterocycles. The minimum atomic E-state index is -1.05. The summed E-state index contributed by atoms with van der Waals surface area (Å²) in [5, 5.41) is 10.2. The molecule has 0 saturated heterocycles. The van der Waals surface area contributed by atoms with Crippen molar-refractivity contribution in [3.05, 3.63) is 54.1 Å². The molecule has 2 aromatic carbocycles. The number of fused-ring (bicyclic) bond motifs is 1. The molecule has 0 fully saturated rings. The number of terminal acetylenes is 1. The van der Waals surface area contributed by atoms with Gasteiger partial charge in [0.25, 0.3) is 5.91 Å². The van der Waals surface area contributed by atoms with Crippen LogP contribution in [0.1, 0.15) is 5.56 Å². The van der Waals surface area contributed by atoms with E-state index in [1.165, 1.54) is 18.1 Å². The van der Waals surface area contributed by atoms with Crippen molar-refractivity contribution in [2.45, 2.75) is 6.23 Å². The smallest absolute Gasteiger partial charge is 0.253 e. The minimum Gasteiger partial charge on any atom is -0.493 e. The Morgan fingerprint density at radius 1 is 1.37 bits per heavy atom. The van der Waals surface area contributed by atoms with Crippen LogP contribution >= 0.6 is 0 Å². The van der Waals surface area contributed by atoms with E-state index in [4.69, 9.17) is 20.6 Å². The number of benzene rings is 2. The van der Waals surface area contributed by atoms with E-state index in [1.54, 1.807) is 42.5 Å². The summed E-state index contributed by atoms with van der Waals surface area (Å²) < 4.78 is 16.1. The van der Waals surface area contributed by atoms with Gasteiger partial charge in [-0.25, -0.2) is 0 Å². The van der Waals surface area contributed by atoms with E-state index >= 15 is 0 Å². The van der Waals surface area contributed by atoms with Crippen LogP contribution in [0.4, 0.5) is 5.69 Å². The number of ether oxygens (including phenoxy) is 3. The van der Waals surface area contributed by atoms with Gasteiger partial charge in [-0.2, -0.15) is 0 Å². The highest BCUT2D eigenvalue weighted by molar-refractivity contribution is 6.05. The normalized spacial score (nSPS) is 15.6. The van der Waals surface area contributed by atoms with Crippen LogP contribution in [0.25, 0.3) is 6.08 Å². The van der Waals surface area contributed by atoms with Crippen molar-refractivity contribution in [2.75, 3.05) is 25.2 Å². The number of anilines is 1. The van der Waals surface area contributed by atoms with E-state index in [1.807, 2.05) is 6.07 Å². The molecule has 27 heavy (non-hydrogen) atoms. The van der Waals surface area contributed by atoms with Gasteiger partial charge in [0.2, 0.25) is 0 Å². The molecule has 3 rings (SSSR count). The molecule has 1 unspecified atom stereocenters. The van der Waals surface area contributed by atoms with Crippen molar-refractivity contribution < 1.29 is 24.1 Å². The second kappa shape index (κ2) is 8.30. The molecule has 1 atom stereocenters. The Hall–Kier alpha value is -3.43. The highest BCUT2D eigenvalue weighted by Crippen LogP contribution is 2.33. The number of aliphatic hydroxyl groups excluding tert-OH is 1. The van der Waals surface area contributed by atoms with Crippen LogP contribution < -0.4 is 19.1 Å². The van der Waals surface area contributed by atoms with Gasteiger partial charge in [-0.15, -0.1) is 6.42 Å². The first kappa shape index (κ1) is 18.4. The van der Waals surface area contributed by atoms with Gasteiger partial charge in [-0.05, 0) is 35.9 Å². The highest BCUT2D eigenvalue weighted by atomic mass is 16.5. The van der Waals surface area contributed by atoms with Crippen molar-refractivity contribution in [1.82, 2.24) is 0 Å². The topological polar surface area (TPSA) is 68.2 Å². The summed E-state index contributed by atoms with van der Waals surface area (Å²) in [7, 11) is 1.53. The third kappa shape index (κ3) is 4.05. The number of para-hydroxylation sites is 2. The molecule has 6 heteroatoms. The van der Waals surface area contributed by atoms with E-state index in [0.29, 0.717) is 22.9 Å². The Morgan fingerprint density at radius 2 is 2.19 bits per heavy atom. The molecule has 2 aromatic rings. The molecule has 6 nitrogen and oxygen atoms in total. The van der Waals surface area contributed by atoms with Crippen molar-refractivity contribution >= 4 is 17.7 Å². The Morgan fingerprint density at radius 3 is 2.96 bits per heavy atom. The van der Waals surface area contributed by atoms with Crippen molar-refractivity contribution in [3.8, 4) is 29.6 Å². The van der Waals surface area contributed by atoms with Crippen LogP contribution in [0.5, 0.6) is 17.2 Å². The maximum absolute atomic E-state index is 12.7. The summed E-state index contributed by atoms with van der Waals surface area (Å²) in [5.41, 5.74) is 1.27. The van der Waals surface area contributed by atoms with Crippen LogP contribution in [0, 0.1) is 12.3 Å². The maximum Gasteiger partial charge on any atom is 0.253 e. The van der Waals surface area contributed by atoms with E-state index in [9.17, 15) is 9.90 Å². The van der Waals surface area contributed by atoms with Crippen LogP contribution in [0.2, 0.25) is 0 Å². The number of carbonyl (C=O) groups is 1. The van der Waals surface area contributed by atoms with Gasteiger partial charge in [0.05, 0.1) is 12.8 Å². The van der Waals surface area contributed by atoms with E-state index in [2.05, 4.69) is 5.92 Å². The molecule has 1 heterocycles. The fraction of sp³-hybridized carbons (Fsp3) is 0.190. The van der Waals surface area contributed by atoms with Crippen LogP contribution in [-0.2, 0) is 4.79 Å². The Labute approximate surface area is 157 Å². The summed E-state index contributed by atoms with van der Waals surface area (Å²) in [6.45, 7) is 0.157. The van der Waals surface area contributed by atoms with Gasteiger partial charge in [-0.1, -0.05) is 24.1 Å². The summed E-state index contributed by atoms with van der Waals surface area (Å²) in [5.74, 6) is 3.63. The Kier molecular flexibility index (Phi) is 5.64. The third-order valence-corrected chi connectivity index (χ3v) is 3.97.